The lowest BCUT2D eigenvalue weighted by Crippen LogP contribution is -2.40. The van der Waals surface area contributed by atoms with E-state index in [1.54, 1.807) is 32.9 Å². The van der Waals surface area contributed by atoms with Crippen molar-refractivity contribution in [3.05, 3.63) is 23.8 Å². The number of alkyl halides is 2. The summed E-state index contributed by atoms with van der Waals surface area (Å²) in [6.07, 6.45) is 1.75. The Morgan fingerprint density at radius 2 is 1.94 bits per heavy atom. The van der Waals surface area contributed by atoms with Crippen molar-refractivity contribution in [2.24, 2.45) is 5.92 Å². The second-order valence-electron chi connectivity index (χ2n) is 9.16. The van der Waals surface area contributed by atoms with Gasteiger partial charge in [0.1, 0.15) is 5.60 Å². The van der Waals surface area contributed by atoms with Crippen LogP contribution in [0.1, 0.15) is 57.9 Å². The van der Waals surface area contributed by atoms with E-state index in [1.807, 2.05) is 0 Å². The lowest BCUT2D eigenvalue weighted by atomic mass is 9.95. The van der Waals surface area contributed by atoms with Crippen LogP contribution in [0.4, 0.5) is 13.6 Å². The summed E-state index contributed by atoms with van der Waals surface area (Å²) >= 11 is 0. The van der Waals surface area contributed by atoms with E-state index in [2.05, 4.69) is 4.74 Å². The lowest BCUT2D eigenvalue weighted by molar-refractivity contribution is -0.138. The Labute approximate surface area is 180 Å². The number of carbonyl (C=O) groups excluding carboxylic acids is 1. The SMILES string of the molecule is CC(C)(C)OC(=O)N1CC(c2ccc(OC(F)F)c(OCC3CC3)c2)C[C@H]1CC(=O)O. The standard InChI is InChI=1S/C22H29F2NO6/c1-22(2,3)31-21(28)25-11-15(8-16(25)10-19(26)27)14-6-7-17(30-20(23)24)18(9-14)29-12-13-4-5-13/h6-7,9,13,15-16,20H,4-5,8,10-12H2,1-3H3,(H,26,27)/t15?,16-/m0/s1. The Hall–Kier alpha value is -2.58. The number of nitrogens with zero attached hydrogens (tertiary/aromatic N) is 1. The van der Waals surface area contributed by atoms with Gasteiger partial charge in [0.25, 0.3) is 0 Å². The maximum absolute atomic E-state index is 12.8. The Kier molecular flexibility index (Phi) is 6.91. The number of carboxylic acid groups (broad SMARTS) is 1. The van der Waals surface area contributed by atoms with Gasteiger partial charge < -0.3 is 24.2 Å². The number of rotatable bonds is 8. The number of benzene rings is 1. The molecule has 1 amide bonds. The first kappa shape index (κ1) is 23.1. The molecular weight excluding hydrogens is 412 g/mol. The summed E-state index contributed by atoms with van der Waals surface area (Å²) in [5.74, 6) is -0.565. The van der Waals surface area contributed by atoms with Crippen LogP contribution >= 0.6 is 0 Å². The second kappa shape index (κ2) is 9.28. The first-order chi connectivity index (χ1) is 14.5. The van der Waals surface area contributed by atoms with Gasteiger partial charge in [-0.1, -0.05) is 6.07 Å². The summed E-state index contributed by atoms with van der Waals surface area (Å²) in [6.45, 7) is 2.97. The normalized spacial score (nSPS) is 21.3. The Balaban J connectivity index is 1.80. The van der Waals surface area contributed by atoms with Crippen molar-refractivity contribution >= 4 is 12.1 Å². The number of aliphatic carboxylic acids is 1. The second-order valence-corrected chi connectivity index (χ2v) is 9.16. The van der Waals surface area contributed by atoms with E-state index in [9.17, 15) is 23.5 Å². The number of hydrogen-bond acceptors (Lipinski definition) is 5. The monoisotopic (exact) mass is 441 g/mol. The molecule has 31 heavy (non-hydrogen) atoms. The van der Waals surface area contributed by atoms with Gasteiger partial charge in [-0.25, -0.2) is 4.79 Å². The zero-order valence-electron chi connectivity index (χ0n) is 18.0. The van der Waals surface area contributed by atoms with Gasteiger partial charge in [0, 0.05) is 18.5 Å². The molecular formula is C22H29F2NO6. The fourth-order valence-corrected chi connectivity index (χ4v) is 3.67. The van der Waals surface area contributed by atoms with Gasteiger partial charge in [-0.15, -0.1) is 0 Å². The third-order valence-electron chi connectivity index (χ3n) is 5.28. The third kappa shape index (κ3) is 6.70. The number of carboxylic acids is 1. The summed E-state index contributed by atoms with van der Waals surface area (Å²) in [6, 6.07) is 4.22. The van der Waals surface area contributed by atoms with Gasteiger partial charge >= 0.3 is 18.7 Å². The van der Waals surface area contributed by atoms with Gasteiger partial charge in [-0.3, -0.25) is 4.79 Å². The van der Waals surface area contributed by atoms with Crippen LogP contribution < -0.4 is 9.47 Å². The minimum absolute atomic E-state index is 0.0384. The van der Waals surface area contributed by atoms with E-state index in [4.69, 9.17) is 9.47 Å². The number of carbonyl (C=O) groups is 2. The predicted molar refractivity (Wildman–Crippen MR) is 108 cm³/mol. The highest BCUT2D eigenvalue weighted by Gasteiger charge is 2.39. The van der Waals surface area contributed by atoms with Gasteiger partial charge in [-0.05, 0) is 63.6 Å². The molecule has 1 aromatic rings. The molecule has 0 radical (unpaired) electrons. The van der Waals surface area contributed by atoms with Crippen LogP contribution in [0.25, 0.3) is 0 Å². The highest BCUT2D eigenvalue weighted by Crippen LogP contribution is 2.39. The largest absolute Gasteiger partial charge is 0.489 e. The molecule has 1 N–H and O–H groups in total. The lowest BCUT2D eigenvalue weighted by Gasteiger charge is -2.28. The molecule has 1 heterocycles. The fraction of sp³-hybridized carbons (Fsp3) is 0.636. The number of likely N-dealkylation sites (tertiary alicyclic amines) is 1. The van der Waals surface area contributed by atoms with E-state index in [0.29, 0.717) is 18.9 Å². The summed E-state index contributed by atoms with van der Waals surface area (Å²) in [5, 5.41) is 9.27. The van der Waals surface area contributed by atoms with Crippen LogP contribution in [-0.4, -0.2) is 53.5 Å². The van der Waals surface area contributed by atoms with Crippen LogP contribution in [0.2, 0.25) is 0 Å². The molecule has 2 atom stereocenters. The average Bonchev–Trinajstić information content (AvgIpc) is 3.37. The van der Waals surface area contributed by atoms with Crippen molar-refractivity contribution in [2.45, 2.75) is 70.6 Å². The molecule has 1 aliphatic carbocycles. The smallest absolute Gasteiger partial charge is 0.410 e. The first-order valence-corrected chi connectivity index (χ1v) is 10.4. The first-order valence-electron chi connectivity index (χ1n) is 10.4. The number of halogens is 2. The molecule has 3 rings (SSSR count). The van der Waals surface area contributed by atoms with Gasteiger partial charge in [0.2, 0.25) is 0 Å². The van der Waals surface area contributed by atoms with Crippen LogP contribution in [0, 0.1) is 5.92 Å². The van der Waals surface area contributed by atoms with Crippen LogP contribution in [0.5, 0.6) is 11.5 Å². The van der Waals surface area contributed by atoms with Gasteiger partial charge in [0.15, 0.2) is 11.5 Å². The van der Waals surface area contributed by atoms with E-state index in [-0.39, 0.29) is 30.4 Å². The molecule has 1 saturated heterocycles. The predicted octanol–water partition coefficient (Wildman–Crippen LogP) is 4.64. The molecule has 7 nitrogen and oxygen atoms in total. The summed E-state index contributed by atoms with van der Waals surface area (Å²) in [7, 11) is 0. The van der Waals surface area contributed by atoms with Crippen molar-refractivity contribution < 1.29 is 37.7 Å². The zero-order chi connectivity index (χ0) is 22.8. The van der Waals surface area contributed by atoms with Crippen LogP contribution in [0.3, 0.4) is 0 Å². The van der Waals surface area contributed by atoms with Crippen LogP contribution in [0.15, 0.2) is 18.2 Å². The zero-order valence-corrected chi connectivity index (χ0v) is 18.0. The van der Waals surface area contributed by atoms with Crippen molar-refractivity contribution in [1.29, 1.82) is 0 Å². The summed E-state index contributed by atoms with van der Waals surface area (Å²) in [5.41, 5.74) is 0.0648. The molecule has 2 aliphatic rings. The van der Waals surface area contributed by atoms with E-state index in [0.717, 1.165) is 18.4 Å². The highest BCUT2D eigenvalue weighted by atomic mass is 19.3. The number of ether oxygens (including phenoxy) is 3. The quantitative estimate of drug-likeness (QED) is 0.632. The maximum Gasteiger partial charge on any atom is 0.410 e. The topological polar surface area (TPSA) is 85.3 Å². The summed E-state index contributed by atoms with van der Waals surface area (Å²) < 4.78 is 41.3. The summed E-state index contributed by atoms with van der Waals surface area (Å²) in [4.78, 5) is 25.4. The molecule has 0 bridgehead atoms. The maximum atomic E-state index is 12.8. The molecule has 0 spiro atoms. The minimum atomic E-state index is -2.97. The Morgan fingerprint density at radius 1 is 1.23 bits per heavy atom. The van der Waals surface area contributed by atoms with Crippen molar-refractivity contribution in [3.8, 4) is 11.5 Å². The van der Waals surface area contributed by atoms with E-state index < -0.39 is 30.3 Å². The van der Waals surface area contributed by atoms with Crippen molar-refractivity contribution in [2.75, 3.05) is 13.2 Å². The molecule has 0 aromatic heterocycles. The fourth-order valence-electron chi connectivity index (χ4n) is 3.67. The average molecular weight is 441 g/mol. The van der Waals surface area contributed by atoms with Crippen molar-refractivity contribution in [3.63, 3.8) is 0 Å². The highest BCUT2D eigenvalue weighted by molar-refractivity contribution is 5.72. The van der Waals surface area contributed by atoms with E-state index in [1.165, 1.54) is 11.0 Å². The minimum Gasteiger partial charge on any atom is -0.489 e. The number of amides is 1. The third-order valence-corrected chi connectivity index (χ3v) is 5.28. The molecule has 1 aromatic carbocycles. The van der Waals surface area contributed by atoms with E-state index >= 15 is 0 Å². The van der Waals surface area contributed by atoms with Crippen molar-refractivity contribution in [1.82, 2.24) is 4.90 Å². The molecule has 1 saturated carbocycles. The molecule has 1 aliphatic heterocycles. The van der Waals surface area contributed by atoms with Crippen LogP contribution in [-0.2, 0) is 9.53 Å². The molecule has 2 fully saturated rings. The molecule has 1 unspecified atom stereocenters. The Morgan fingerprint density at radius 3 is 2.52 bits per heavy atom. The number of hydrogen-bond donors (Lipinski definition) is 1. The van der Waals surface area contributed by atoms with Gasteiger partial charge in [-0.2, -0.15) is 8.78 Å². The molecule has 172 valence electrons. The Bertz CT molecular complexity index is 806. The van der Waals surface area contributed by atoms with Gasteiger partial charge in [0.05, 0.1) is 13.0 Å². The molecule has 9 heteroatoms.